The summed E-state index contributed by atoms with van der Waals surface area (Å²) in [5.41, 5.74) is 1.74. The van der Waals surface area contributed by atoms with Gasteiger partial charge in [-0.3, -0.25) is 9.63 Å². The van der Waals surface area contributed by atoms with Gasteiger partial charge in [-0.05, 0) is 20.8 Å². The van der Waals surface area contributed by atoms with E-state index >= 15 is 0 Å². The Bertz CT molecular complexity index is 148. The molecule has 0 unspecified atom stereocenters. The van der Waals surface area contributed by atoms with Crippen molar-refractivity contribution in [1.82, 2.24) is 5.48 Å². The van der Waals surface area contributed by atoms with Gasteiger partial charge in [0.05, 0.1) is 12.0 Å². The van der Waals surface area contributed by atoms with Crippen molar-refractivity contribution in [2.75, 3.05) is 0 Å². The van der Waals surface area contributed by atoms with Crippen LogP contribution in [0.1, 0.15) is 27.2 Å². The van der Waals surface area contributed by atoms with Gasteiger partial charge in [0.2, 0.25) is 0 Å². The van der Waals surface area contributed by atoms with Crippen LogP contribution < -0.4 is 5.48 Å². The minimum absolute atomic E-state index is 0.157. The maximum atomic E-state index is 10.6. The molecule has 0 atom stereocenters. The van der Waals surface area contributed by atoms with Crippen molar-refractivity contribution in [3.05, 3.63) is 0 Å². The van der Waals surface area contributed by atoms with E-state index in [9.17, 15) is 9.59 Å². The number of rotatable bonds is 3. The van der Waals surface area contributed by atoms with E-state index < -0.39 is 11.5 Å². The summed E-state index contributed by atoms with van der Waals surface area (Å²) in [5.74, 6) is -0.421. The summed E-state index contributed by atoms with van der Waals surface area (Å²) in [6, 6.07) is 0. The van der Waals surface area contributed by atoms with E-state index in [0.717, 1.165) is 0 Å². The Balaban J connectivity index is 3.54. The van der Waals surface area contributed by atoms with Crippen LogP contribution in [0, 0.1) is 0 Å². The van der Waals surface area contributed by atoms with E-state index in [1.54, 1.807) is 20.8 Å². The Labute approximate surface area is 65.9 Å². The number of nitrogens with one attached hydrogen (secondary N) is 1. The summed E-state index contributed by atoms with van der Waals surface area (Å²) < 4.78 is 0. The third-order valence-corrected chi connectivity index (χ3v) is 0.740. The van der Waals surface area contributed by atoms with Crippen LogP contribution in [-0.2, 0) is 14.4 Å². The zero-order chi connectivity index (χ0) is 8.91. The number of carbonyl (C=O) groups excluding carboxylic acids is 2. The highest BCUT2D eigenvalue weighted by atomic mass is 16.7. The quantitative estimate of drug-likeness (QED) is 0.369. The topological polar surface area (TPSA) is 55.4 Å². The molecule has 0 aromatic heterocycles. The predicted molar refractivity (Wildman–Crippen MR) is 39.7 cm³/mol. The van der Waals surface area contributed by atoms with Gasteiger partial charge in [-0.1, -0.05) is 0 Å². The molecule has 0 bridgehead atoms. The molecular formula is C7H13NO3. The molecule has 0 fully saturated rings. The van der Waals surface area contributed by atoms with Crippen LogP contribution in [0.25, 0.3) is 0 Å². The molecule has 0 spiro atoms. The smallest absolute Gasteiger partial charge is 0.250 e. The molecule has 0 rings (SSSR count). The molecule has 0 aliphatic rings. The zero-order valence-corrected chi connectivity index (χ0v) is 7.01. The monoisotopic (exact) mass is 159 g/mol. The Morgan fingerprint density at radius 2 is 2.09 bits per heavy atom. The number of hydrogen-bond acceptors (Lipinski definition) is 3. The van der Waals surface area contributed by atoms with Crippen LogP contribution in [-0.4, -0.2) is 17.8 Å². The summed E-state index contributed by atoms with van der Waals surface area (Å²) in [6.07, 6.45) is 0.372. The second-order valence-corrected chi connectivity index (χ2v) is 3.11. The van der Waals surface area contributed by atoms with Gasteiger partial charge in [0, 0.05) is 0 Å². The fourth-order valence-corrected chi connectivity index (χ4v) is 0.327. The number of hydroxylamine groups is 1. The maximum Gasteiger partial charge on any atom is 0.250 e. The van der Waals surface area contributed by atoms with Gasteiger partial charge in [0.1, 0.15) is 6.29 Å². The summed E-state index contributed by atoms with van der Waals surface area (Å²) in [6.45, 7) is 5.40. The van der Waals surface area contributed by atoms with Crippen LogP contribution in [0.3, 0.4) is 0 Å². The molecule has 0 aliphatic carbocycles. The predicted octanol–water partition coefficient (Wildman–Crippen LogP) is 0.422. The maximum absolute atomic E-state index is 10.6. The van der Waals surface area contributed by atoms with Crippen LogP contribution in [0.15, 0.2) is 0 Å². The summed E-state index contributed by atoms with van der Waals surface area (Å²) in [4.78, 5) is 25.3. The van der Waals surface area contributed by atoms with Crippen molar-refractivity contribution in [2.24, 2.45) is 0 Å². The van der Waals surface area contributed by atoms with E-state index in [0.29, 0.717) is 6.29 Å². The van der Waals surface area contributed by atoms with Gasteiger partial charge in [0.15, 0.2) is 0 Å². The first-order valence-corrected chi connectivity index (χ1v) is 3.36. The third kappa shape index (κ3) is 6.99. The Morgan fingerprint density at radius 3 is 2.45 bits per heavy atom. The Morgan fingerprint density at radius 1 is 1.55 bits per heavy atom. The Hall–Kier alpha value is -0.900. The number of amides is 1. The first-order valence-electron chi connectivity index (χ1n) is 3.36. The van der Waals surface area contributed by atoms with E-state index in [2.05, 4.69) is 5.48 Å². The van der Waals surface area contributed by atoms with Crippen LogP contribution in [0.2, 0.25) is 0 Å². The first-order chi connectivity index (χ1) is 4.95. The molecule has 0 aromatic rings. The molecule has 0 saturated heterocycles. The fourth-order valence-electron chi connectivity index (χ4n) is 0.327. The fraction of sp³-hybridized carbons (Fsp3) is 0.714. The highest BCUT2D eigenvalue weighted by Crippen LogP contribution is 2.03. The minimum Gasteiger partial charge on any atom is -0.303 e. The molecule has 64 valence electrons. The van der Waals surface area contributed by atoms with E-state index in [1.807, 2.05) is 0 Å². The molecule has 1 N–H and O–H groups in total. The van der Waals surface area contributed by atoms with E-state index in [1.165, 1.54) is 0 Å². The average molecular weight is 159 g/mol. The average Bonchev–Trinajstić information content (AvgIpc) is 1.83. The first kappa shape index (κ1) is 10.1. The van der Waals surface area contributed by atoms with Gasteiger partial charge < -0.3 is 4.79 Å². The second-order valence-electron chi connectivity index (χ2n) is 3.11. The molecule has 0 saturated carbocycles. The van der Waals surface area contributed by atoms with Crippen molar-refractivity contribution < 1.29 is 14.4 Å². The van der Waals surface area contributed by atoms with Crippen molar-refractivity contribution in [2.45, 2.75) is 32.8 Å². The number of aldehydes is 1. The van der Waals surface area contributed by atoms with E-state index in [4.69, 9.17) is 4.84 Å². The van der Waals surface area contributed by atoms with Gasteiger partial charge in [-0.25, -0.2) is 5.48 Å². The van der Waals surface area contributed by atoms with Crippen LogP contribution in [0.4, 0.5) is 0 Å². The van der Waals surface area contributed by atoms with Gasteiger partial charge in [-0.2, -0.15) is 0 Å². The van der Waals surface area contributed by atoms with Gasteiger partial charge in [-0.15, -0.1) is 0 Å². The summed E-state index contributed by atoms with van der Waals surface area (Å²) in [7, 11) is 0. The third-order valence-electron chi connectivity index (χ3n) is 0.740. The second kappa shape index (κ2) is 4.08. The zero-order valence-electron chi connectivity index (χ0n) is 7.01. The number of hydrogen-bond donors (Lipinski definition) is 1. The van der Waals surface area contributed by atoms with Crippen LogP contribution >= 0.6 is 0 Å². The molecule has 0 heterocycles. The molecule has 11 heavy (non-hydrogen) atoms. The minimum atomic E-state index is -0.421. The SMILES string of the molecule is CC(C)(C)ONC(=O)CC=O. The van der Waals surface area contributed by atoms with E-state index in [-0.39, 0.29) is 6.42 Å². The lowest BCUT2D eigenvalue weighted by Gasteiger charge is -2.18. The largest absolute Gasteiger partial charge is 0.303 e. The molecular weight excluding hydrogens is 146 g/mol. The molecule has 4 nitrogen and oxygen atoms in total. The van der Waals surface area contributed by atoms with Crippen molar-refractivity contribution in [3.63, 3.8) is 0 Å². The highest BCUT2D eigenvalue weighted by molar-refractivity contribution is 5.87. The van der Waals surface area contributed by atoms with Crippen molar-refractivity contribution >= 4 is 12.2 Å². The van der Waals surface area contributed by atoms with Gasteiger partial charge in [0.25, 0.3) is 5.91 Å². The molecule has 0 aliphatic heterocycles. The highest BCUT2D eigenvalue weighted by Gasteiger charge is 2.11. The molecule has 1 amide bonds. The lowest BCUT2D eigenvalue weighted by molar-refractivity contribution is -0.146. The lowest BCUT2D eigenvalue weighted by atomic mass is 10.2. The standard InChI is InChI=1S/C7H13NO3/c1-7(2,3)11-8-6(10)4-5-9/h5H,4H2,1-3H3,(H,8,10). The molecule has 4 heteroatoms. The van der Waals surface area contributed by atoms with Crippen molar-refractivity contribution in [1.29, 1.82) is 0 Å². The molecule has 0 aromatic carbocycles. The van der Waals surface area contributed by atoms with Crippen molar-refractivity contribution in [3.8, 4) is 0 Å². The van der Waals surface area contributed by atoms with Gasteiger partial charge >= 0.3 is 0 Å². The lowest BCUT2D eigenvalue weighted by Crippen LogP contribution is -2.33. The summed E-state index contributed by atoms with van der Waals surface area (Å²) >= 11 is 0. The molecule has 0 radical (unpaired) electrons. The van der Waals surface area contributed by atoms with Crippen LogP contribution in [0.5, 0.6) is 0 Å². The number of carbonyl (C=O) groups is 2. The Kier molecular flexibility index (Phi) is 3.74. The normalized spacial score (nSPS) is 10.8. The summed E-state index contributed by atoms with van der Waals surface area (Å²) in [5, 5.41) is 0.